The molecule has 1 unspecified atom stereocenters. The number of allylic oxidation sites excluding steroid dienone is 16. The predicted octanol–water partition coefficient (Wildman–Crippen LogP) is 23.2. The average molecular weight is 1100 g/mol. The first kappa shape index (κ1) is 75.3. The normalized spacial score (nSPS) is 12.7. The van der Waals surface area contributed by atoms with Crippen molar-refractivity contribution in [3.05, 3.63) is 97.2 Å². The summed E-state index contributed by atoms with van der Waals surface area (Å²) in [6.07, 6.45) is 90.5. The Morgan fingerprint density at radius 3 is 0.772 bits per heavy atom. The fourth-order valence-electron chi connectivity index (χ4n) is 9.60. The van der Waals surface area contributed by atoms with Crippen LogP contribution in [-0.4, -0.2) is 37.2 Å². The van der Waals surface area contributed by atoms with E-state index in [1.54, 1.807) is 0 Å². The summed E-state index contributed by atoms with van der Waals surface area (Å²) in [7, 11) is 0. The molecule has 0 aliphatic heterocycles. The molecular weight excluding hydrogens is 973 g/mol. The molecule has 0 spiro atoms. The smallest absolute Gasteiger partial charge is 0.306 e. The van der Waals surface area contributed by atoms with Crippen LogP contribution >= 0.6 is 0 Å². The number of carbonyl (C=O) groups is 3. The van der Waals surface area contributed by atoms with Crippen molar-refractivity contribution in [1.29, 1.82) is 0 Å². The number of rotatable bonds is 61. The second kappa shape index (κ2) is 66.8. The summed E-state index contributed by atoms with van der Waals surface area (Å²) in [5, 5.41) is 0. The first-order chi connectivity index (χ1) is 39.0. The van der Waals surface area contributed by atoms with Crippen molar-refractivity contribution < 1.29 is 28.6 Å². The molecule has 0 N–H and O–H groups in total. The molecule has 1 atom stereocenters. The number of unbranched alkanes of at least 4 members (excludes halogenated alkanes) is 34. The molecule has 0 saturated carbocycles. The van der Waals surface area contributed by atoms with E-state index in [0.29, 0.717) is 19.3 Å². The number of esters is 3. The maximum absolute atomic E-state index is 12.9. The second-order valence-electron chi connectivity index (χ2n) is 22.3. The number of hydrogen-bond donors (Lipinski definition) is 0. The Labute approximate surface area is 489 Å². The van der Waals surface area contributed by atoms with Crippen LogP contribution < -0.4 is 0 Å². The van der Waals surface area contributed by atoms with E-state index < -0.39 is 6.10 Å². The molecule has 454 valence electrons. The highest BCUT2D eigenvalue weighted by Gasteiger charge is 2.19. The third kappa shape index (κ3) is 65.0. The van der Waals surface area contributed by atoms with Crippen molar-refractivity contribution in [3.63, 3.8) is 0 Å². The summed E-state index contributed by atoms with van der Waals surface area (Å²) >= 11 is 0. The lowest BCUT2D eigenvalue weighted by molar-refractivity contribution is -0.167. The second-order valence-corrected chi connectivity index (χ2v) is 22.3. The van der Waals surface area contributed by atoms with Crippen LogP contribution in [0.1, 0.15) is 329 Å². The molecule has 0 heterocycles. The van der Waals surface area contributed by atoms with Crippen LogP contribution in [0, 0.1) is 0 Å². The molecule has 0 aromatic heterocycles. The Kier molecular flexibility index (Phi) is 63.7. The largest absolute Gasteiger partial charge is 0.462 e. The first-order valence-corrected chi connectivity index (χ1v) is 33.7. The minimum absolute atomic E-state index is 0.0740. The van der Waals surface area contributed by atoms with E-state index in [1.807, 2.05) is 0 Å². The van der Waals surface area contributed by atoms with Gasteiger partial charge < -0.3 is 14.2 Å². The number of hydrogen-bond acceptors (Lipinski definition) is 6. The zero-order valence-electron chi connectivity index (χ0n) is 52.1. The summed E-state index contributed by atoms with van der Waals surface area (Å²) in [5.74, 6) is -0.876. The van der Waals surface area contributed by atoms with Gasteiger partial charge in [-0.2, -0.15) is 0 Å². The number of ether oxygens (including phenoxy) is 3. The molecule has 0 radical (unpaired) electrons. The Hall–Kier alpha value is -3.67. The molecule has 0 saturated heterocycles. The minimum atomic E-state index is -0.773. The Morgan fingerprint density at radius 2 is 0.494 bits per heavy atom. The van der Waals surface area contributed by atoms with Gasteiger partial charge >= 0.3 is 17.9 Å². The Morgan fingerprint density at radius 1 is 0.266 bits per heavy atom. The van der Waals surface area contributed by atoms with Crippen LogP contribution in [0.5, 0.6) is 0 Å². The standard InChI is InChI=1S/C73H126O6/c1-4-7-10-13-15-17-19-21-23-25-27-29-31-33-35-36-38-39-41-43-45-47-49-51-53-55-57-60-63-66-72(75)78-69-70(68-77-71(74)65-62-59-12-9-6-3)79-73(76)67-64-61-58-56-54-52-50-48-46-44-42-40-37-34-32-30-28-26-24-22-20-18-16-14-11-8-5-2/h7-8,10-11,15-18,21-24,27-30,70H,4-6,9,12-14,19-20,25-26,31-69H2,1-3H3/b10-7-,11-8-,17-15-,18-16-,23-21-,24-22-,29-27-,30-28-. The van der Waals surface area contributed by atoms with Crippen molar-refractivity contribution in [2.75, 3.05) is 13.2 Å². The van der Waals surface area contributed by atoms with Crippen LogP contribution in [-0.2, 0) is 28.6 Å². The van der Waals surface area contributed by atoms with Gasteiger partial charge in [-0.3, -0.25) is 14.4 Å². The lowest BCUT2D eigenvalue weighted by Gasteiger charge is -2.18. The van der Waals surface area contributed by atoms with E-state index in [4.69, 9.17) is 14.2 Å². The molecule has 6 nitrogen and oxygen atoms in total. The van der Waals surface area contributed by atoms with Crippen LogP contribution in [0.3, 0.4) is 0 Å². The summed E-state index contributed by atoms with van der Waals surface area (Å²) in [5.41, 5.74) is 0. The molecule has 0 aromatic carbocycles. The van der Waals surface area contributed by atoms with Crippen molar-refractivity contribution in [2.24, 2.45) is 0 Å². The van der Waals surface area contributed by atoms with Crippen molar-refractivity contribution >= 4 is 17.9 Å². The van der Waals surface area contributed by atoms with Crippen LogP contribution in [0.2, 0.25) is 0 Å². The monoisotopic (exact) mass is 1100 g/mol. The van der Waals surface area contributed by atoms with Gasteiger partial charge in [-0.05, 0) is 96.3 Å². The lowest BCUT2D eigenvalue weighted by atomic mass is 10.0. The van der Waals surface area contributed by atoms with E-state index in [2.05, 4.69) is 118 Å². The quantitative estimate of drug-likeness (QED) is 0.0261. The zero-order chi connectivity index (χ0) is 57.1. The first-order valence-electron chi connectivity index (χ1n) is 33.7. The SMILES string of the molecule is CC/C=C\C/C=C\C/C=C\C/C=C\CCCCCCCCCCCCCCCCCCC(=O)OCC(COC(=O)CCCCCCC)OC(=O)CCCCCCCCCCCCCCCC/C=C\C/C=C\C/C=C\C/C=C\CC. The van der Waals surface area contributed by atoms with E-state index in [-0.39, 0.29) is 31.1 Å². The zero-order valence-corrected chi connectivity index (χ0v) is 52.1. The maximum Gasteiger partial charge on any atom is 0.306 e. The van der Waals surface area contributed by atoms with Crippen LogP contribution in [0.15, 0.2) is 97.2 Å². The average Bonchev–Trinajstić information content (AvgIpc) is 3.45. The predicted molar refractivity (Wildman–Crippen MR) is 344 cm³/mol. The van der Waals surface area contributed by atoms with E-state index in [1.165, 1.54) is 173 Å². The third-order valence-electron chi connectivity index (χ3n) is 14.6. The van der Waals surface area contributed by atoms with Gasteiger partial charge in [-0.25, -0.2) is 0 Å². The molecule has 79 heavy (non-hydrogen) atoms. The Bertz CT molecular complexity index is 1540. The fraction of sp³-hybridized carbons (Fsp3) is 0.740. The maximum atomic E-state index is 12.9. The summed E-state index contributed by atoms with van der Waals surface area (Å²) < 4.78 is 16.8. The fourth-order valence-corrected chi connectivity index (χ4v) is 9.60. The lowest BCUT2D eigenvalue weighted by Crippen LogP contribution is -2.30. The topological polar surface area (TPSA) is 78.9 Å². The van der Waals surface area contributed by atoms with Gasteiger partial charge in [0, 0.05) is 19.3 Å². The number of carbonyl (C=O) groups excluding carboxylic acids is 3. The summed E-state index contributed by atoms with van der Waals surface area (Å²) in [6.45, 7) is 6.37. The molecule has 0 rings (SSSR count). The summed E-state index contributed by atoms with van der Waals surface area (Å²) in [4.78, 5) is 38.0. The molecule has 0 aromatic rings. The van der Waals surface area contributed by atoms with Crippen molar-refractivity contribution in [3.8, 4) is 0 Å². The Balaban J connectivity index is 3.98. The van der Waals surface area contributed by atoms with E-state index in [9.17, 15) is 14.4 Å². The molecule has 0 aliphatic rings. The molecule has 0 amide bonds. The van der Waals surface area contributed by atoms with Crippen LogP contribution in [0.25, 0.3) is 0 Å². The van der Waals surface area contributed by atoms with Gasteiger partial charge in [-0.15, -0.1) is 0 Å². The third-order valence-corrected chi connectivity index (χ3v) is 14.6. The highest BCUT2D eigenvalue weighted by Crippen LogP contribution is 2.17. The van der Waals surface area contributed by atoms with Crippen molar-refractivity contribution in [1.82, 2.24) is 0 Å². The molecule has 6 heteroatoms. The van der Waals surface area contributed by atoms with Gasteiger partial charge in [0.15, 0.2) is 6.10 Å². The minimum Gasteiger partial charge on any atom is -0.462 e. The molecular formula is C73H126O6. The van der Waals surface area contributed by atoms with Crippen LogP contribution in [0.4, 0.5) is 0 Å². The van der Waals surface area contributed by atoms with Gasteiger partial charge in [0.2, 0.25) is 0 Å². The highest BCUT2D eigenvalue weighted by molar-refractivity contribution is 5.71. The van der Waals surface area contributed by atoms with E-state index >= 15 is 0 Å². The van der Waals surface area contributed by atoms with E-state index in [0.717, 1.165) is 116 Å². The van der Waals surface area contributed by atoms with Gasteiger partial charge in [0.05, 0.1) is 0 Å². The highest BCUT2D eigenvalue weighted by atomic mass is 16.6. The van der Waals surface area contributed by atoms with Gasteiger partial charge in [-0.1, -0.05) is 311 Å². The van der Waals surface area contributed by atoms with Gasteiger partial charge in [0.1, 0.15) is 13.2 Å². The van der Waals surface area contributed by atoms with Gasteiger partial charge in [0.25, 0.3) is 0 Å². The summed E-state index contributed by atoms with van der Waals surface area (Å²) in [6, 6.07) is 0. The molecule has 0 aliphatic carbocycles. The van der Waals surface area contributed by atoms with Crippen molar-refractivity contribution in [2.45, 2.75) is 335 Å². The molecule has 0 fully saturated rings. The molecule has 0 bridgehead atoms.